The first-order valence-corrected chi connectivity index (χ1v) is 8.52. The summed E-state index contributed by atoms with van der Waals surface area (Å²) in [6, 6.07) is 7.12. The number of pyridine rings is 1. The third kappa shape index (κ3) is 2.63. The van der Waals surface area contributed by atoms with E-state index in [4.69, 9.17) is 16.3 Å². The van der Waals surface area contributed by atoms with Crippen molar-refractivity contribution < 1.29 is 9.53 Å². The smallest absolute Gasteiger partial charge is 0.233 e. The van der Waals surface area contributed by atoms with Gasteiger partial charge in [0.15, 0.2) is 5.82 Å². The molecule has 1 atom stereocenters. The molecule has 4 rings (SSSR count). The number of fused-ring (bicyclic) bond motifs is 2. The largest absolute Gasteiger partial charge is 0.493 e. The summed E-state index contributed by atoms with van der Waals surface area (Å²) in [6.07, 6.45) is 2.24. The molecule has 0 bridgehead atoms. The van der Waals surface area contributed by atoms with Gasteiger partial charge in [-0.25, -0.2) is 4.98 Å². The van der Waals surface area contributed by atoms with Crippen LogP contribution >= 0.6 is 27.5 Å². The maximum Gasteiger partial charge on any atom is 0.233 e. The van der Waals surface area contributed by atoms with Gasteiger partial charge in [0.25, 0.3) is 0 Å². The average Bonchev–Trinajstić information content (AvgIpc) is 2.98. The van der Waals surface area contributed by atoms with E-state index in [-0.39, 0.29) is 11.8 Å². The highest BCUT2D eigenvalue weighted by Crippen LogP contribution is 2.36. The third-order valence-corrected chi connectivity index (χ3v) is 4.84. The van der Waals surface area contributed by atoms with Crippen molar-refractivity contribution >= 4 is 50.2 Å². The quantitative estimate of drug-likeness (QED) is 0.632. The Morgan fingerprint density at radius 3 is 3.17 bits per heavy atom. The highest BCUT2D eigenvalue weighted by molar-refractivity contribution is 9.10. The molecule has 1 amide bonds. The van der Waals surface area contributed by atoms with Crippen LogP contribution in [0.5, 0.6) is 5.75 Å². The molecule has 1 unspecified atom stereocenters. The second-order valence-electron chi connectivity index (χ2n) is 5.46. The number of carbonyl (C=O) groups excluding carboxylic acids is 1. The van der Waals surface area contributed by atoms with E-state index in [9.17, 15) is 4.79 Å². The van der Waals surface area contributed by atoms with Crippen molar-refractivity contribution in [1.82, 2.24) is 15.2 Å². The molecule has 2 aromatic heterocycles. The fourth-order valence-electron chi connectivity index (χ4n) is 2.86. The van der Waals surface area contributed by atoms with E-state index in [1.54, 1.807) is 30.5 Å². The lowest BCUT2D eigenvalue weighted by molar-refractivity contribution is -0.118. The third-order valence-electron chi connectivity index (χ3n) is 4.00. The molecule has 0 aliphatic carbocycles. The monoisotopic (exact) mass is 406 g/mol. The Morgan fingerprint density at radius 1 is 1.42 bits per heavy atom. The molecule has 8 heteroatoms. The lowest BCUT2D eigenvalue weighted by Gasteiger charge is -2.25. The van der Waals surface area contributed by atoms with Crippen LogP contribution in [0.4, 0.5) is 5.82 Å². The second-order valence-corrected chi connectivity index (χ2v) is 6.65. The van der Waals surface area contributed by atoms with Gasteiger partial charge in [-0.2, -0.15) is 5.10 Å². The SMILES string of the molecule is O=C(Nc1n[nH]c2ccnc(Br)c12)C1CCOc2ccc(Cl)cc21. The Bertz CT molecular complexity index is 943. The summed E-state index contributed by atoms with van der Waals surface area (Å²) in [5.74, 6) is 0.659. The van der Waals surface area contributed by atoms with Gasteiger partial charge in [0.1, 0.15) is 10.4 Å². The van der Waals surface area contributed by atoms with Crippen LogP contribution in [0.3, 0.4) is 0 Å². The lowest BCUT2D eigenvalue weighted by atomic mass is 9.92. The number of hydrogen-bond donors (Lipinski definition) is 2. The minimum Gasteiger partial charge on any atom is -0.493 e. The number of nitrogens with zero attached hydrogens (tertiary/aromatic N) is 2. The lowest BCUT2D eigenvalue weighted by Crippen LogP contribution is -2.26. The molecule has 1 aliphatic heterocycles. The number of rotatable bonds is 2. The van der Waals surface area contributed by atoms with Gasteiger partial charge in [-0.3, -0.25) is 9.89 Å². The van der Waals surface area contributed by atoms with Gasteiger partial charge in [-0.1, -0.05) is 11.6 Å². The number of benzene rings is 1. The molecule has 0 radical (unpaired) electrons. The van der Waals surface area contributed by atoms with Crippen molar-refractivity contribution in [2.45, 2.75) is 12.3 Å². The van der Waals surface area contributed by atoms with Gasteiger partial charge in [-0.05, 0) is 46.6 Å². The van der Waals surface area contributed by atoms with E-state index in [1.807, 2.05) is 0 Å². The van der Waals surface area contributed by atoms with Crippen LogP contribution in [0, 0.1) is 0 Å². The Hall–Kier alpha value is -2.12. The van der Waals surface area contributed by atoms with Gasteiger partial charge >= 0.3 is 0 Å². The van der Waals surface area contributed by atoms with Crippen molar-refractivity contribution in [2.75, 3.05) is 11.9 Å². The van der Waals surface area contributed by atoms with Crippen LogP contribution in [-0.2, 0) is 4.79 Å². The highest BCUT2D eigenvalue weighted by atomic mass is 79.9. The van der Waals surface area contributed by atoms with Crippen molar-refractivity contribution in [3.63, 3.8) is 0 Å². The predicted molar refractivity (Wildman–Crippen MR) is 94.5 cm³/mol. The average molecular weight is 408 g/mol. The summed E-state index contributed by atoms with van der Waals surface area (Å²) in [5.41, 5.74) is 1.59. The molecule has 2 N–H and O–H groups in total. The van der Waals surface area contributed by atoms with Gasteiger partial charge in [0.2, 0.25) is 5.91 Å². The molecular formula is C16H12BrClN4O2. The number of aromatic nitrogens is 3. The van der Waals surface area contributed by atoms with E-state index in [0.717, 1.165) is 16.5 Å². The van der Waals surface area contributed by atoms with Crippen LogP contribution in [0.1, 0.15) is 17.9 Å². The topological polar surface area (TPSA) is 79.9 Å². The molecule has 3 heterocycles. The van der Waals surface area contributed by atoms with Crippen molar-refractivity contribution in [1.29, 1.82) is 0 Å². The standard InChI is InChI=1S/C16H12BrClN4O2/c17-14-13-11(3-5-19-14)21-22-15(13)20-16(23)9-4-6-24-12-2-1-8(18)7-10(9)12/h1-3,5,7,9H,4,6H2,(H2,20,21,22,23). The molecule has 3 aromatic rings. The highest BCUT2D eigenvalue weighted by Gasteiger charge is 2.29. The van der Waals surface area contributed by atoms with Crippen molar-refractivity contribution in [3.8, 4) is 5.75 Å². The number of halogens is 2. The van der Waals surface area contributed by atoms with Crippen LogP contribution in [-0.4, -0.2) is 27.7 Å². The Labute approximate surface area is 150 Å². The number of H-pyrrole nitrogens is 1. The molecule has 0 fully saturated rings. The Balaban J connectivity index is 1.67. The summed E-state index contributed by atoms with van der Waals surface area (Å²) in [6.45, 7) is 0.485. The number of anilines is 1. The Kier molecular flexibility index (Phi) is 3.90. The second kappa shape index (κ2) is 6.07. The number of carbonyl (C=O) groups is 1. The van der Waals surface area contributed by atoms with Gasteiger partial charge < -0.3 is 10.1 Å². The van der Waals surface area contributed by atoms with E-state index >= 15 is 0 Å². The fourth-order valence-corrected chi connectivity index (χ4v) is 3.56. The molecule has 122 valence electrons. The van der Waals surface area contributed by atoms with Crippen LogP contribution in [0.2, 0.25) is 5.02 Å². The van der Waals surface area contributed by atoms with E-state index < -0.39 is 0 Å². The van der Waals surface area contributed by atoms with Crippen LogP contribution in [0.25, 0.3) is 10.9 Å². The molecule has 0 spiro atoms. The van der Waals surface area contributed by atoms with Crippen molar-refractivity contribution in [2.24, 2.45) is 0 Å². The molecular weight excluding hydrogens is 396 g/mol. The van der Waals surface area contributed by atoms with Crippen LogP contribution < -0.4 is 10.1 Å². The zero-order valence-corrected chi connectivity index (χ0v) is 14.7. The normalized spacial score (nSPS) is 16.5. The van der Waals surface area contributed by atoms with E-state index in [0.29, 0.717) is 34.2 Å². The van der Waals surface area contributed by atoms with Crippen molar-refractivity contribution in [3.05, 3.63) is 45.7 Å². The van der Waals surface area contributed by atoms with E-state index in [1.165, 1.54) is 0 Å². The zero-order valence-electron chi connectivity index (χ0n) is 12.3. The van der Waals surface area contributed by atoms with Gasteiger partial charge in [0, 0.05) is 16.8 Å². The summed E-state index contributed by atoms with van der Waals surface area (Å²) in [5, 5.41) is 11.3. The first-order chi connectivity index (χ1) is 11.6. The number of hydrogen-bond acceptors (Lipinski definition) is 4. The molecule has 1 aromatic carbocycles. The molecule has 24 heavy (non-hydrogen) atoms. The van der Waals surface area contributed by atoms with Gasteiger partial charge in [-0.15, -0.1) is 0 Å². The van der Waals surface area contributed by atoms with E-state index in [2.05, 4.69) is 36.4 Å². The fraction of sp³-hybridized carbons (Fsp3) is 0.188. The van der Waals surface area contributed by atoms with Crippen LogP contribution in [0.15, 0.2) is 35.1 Å². The first-order valence-electron chi connectivity index (χ1n) is 7.35. The molecule has 0 saturated carbocycles. The van der Waals surface area contributed by atoms with Gasteiger partial charge in [0.05, 0.1) is 23.4 Å². The number of ether oxygens (including phenoxy) is 1. The molecule has 0 saturated heterocycles. The minimum absolute atomic E-state index is 0.147. The minimum atomic E-state index is -0.338. The summed E-state index contributed by atoms with van der Waals surface area (Å²) in [4.78, 5) is 17.0. The number of nitrogens with one attached hydrogen (secondary N) is 2. The predicted octanol–water partition coefficient (Wildman–Crippen LogP) is 3.88. The zero-order chi connectivity index (χ0) is 16.7. The summed E-state index contributed by atoms with van der Waals surface area (Å²) >= 11 is 9.46. The maximum absolute atomic E-state index is 12.8. The maximum atomic E-state index is 12.8. The Morgan fingerprint density at radius 2 is 2.29 bits per heavy atom. The number of amides is 1. The first kappa shape index (κ1) is 15.4. The molecule has 6 nitrogen and oxygen atoms in total. The molecule has 1 aliphatic rings. The number of aromatic amines is 1. The summed E-state index contributed by atoms with van der Waals surface area (Å²) in [7, 11) is 0. The summed E-state index contributed by atoms with van der Waals surface area (Å²) < 4.78 is 6.23.